The Hall–Kier alpha value is -1.81. The van der Waals surface area contributed by atoms with Gasteiger partial charge in [0.05, 0.1) is 18.9 Å². The monoisotopic (exact) mass is 525 g/mol. The normalized spacial score (nSPS) is 18.0. The van der Waals surface area contributed by atoms with Crippen molar-refractivity contribution in [1.29, 1.82) is 0 Å². The second kappa shape index (κ2) is 11.5. The number of pyridine rings is 1. The number of furan rings is 1. The van der Waals surface area contributed by atoms with Crippen LogP contribution in [-0.4, -0.2) is 49.1 Å². The van der Waals surface area contributed by atoms with Crippen LogP contribution in [0.3, 0.4) is 0 Å². The van der Waals surface area contributed by atoms with Crippen molar-refractivity contribution < 1.29 is 9.15 Å². The first-order valence-electron chi connectivity index (χ1n) is 10.6. The van der Waals surface area contributed by atoms with Crippen molar-refractivity contribution >= 4 is 29.9 Å². The van der Waals surface area contributed by atoms with Gasteiger partial charge >= 0.3 is 0 Å². The predicted octanol–water partition coefficient (Wildman–Crippen LogP) is 3.58. The van der Waals surface area contributed by atoms with Gasteiger partial charge in [0.15, 0.2) is 5.96 Å². The molecule has 3 heterocycles. The number of guanidine groups is 1. The quantitative estimate of drug-likeness (QED) is 0.296. The number of aromatic nitrogens is 1. The Morgan fingerprint density at radius 2 is 2.10 bits per heavy atom. The molecule has 1 saturated heterocycles. The Balaban J connectivity index is 0.00000256. The minimum absolute atomic E-state index is 0. The van der Waals surface area contributed by atoms with Crippen molar-refractivity contribution in [1.82, 2.24) is 20.5 Å². The van der Waals surface area contributed by atoms with E-state index in [0.717, 1.165) is 49.4 Å². The van der Waals surface area contributed by atoms with E-state index in [0.29, 0.717) is 12.4 Å². The minimum Gasteiger partial charge on any atom is -0.477 e. The number of nitrogens with one attached hydrogen (secondary N) is 2. The number of rotatable bonds is 9. The van der Waals surface area contributed by atoms with Crippen LogP contribution in [0.5, 0.6) is 5.88 Å². The summed E-state index contributed by atoms with van der Waals surface area (Å²) >= 11 is 0. The van der Waals surface area contributed by atoms with Gasteiger partial charge in [-0.1, -0.05) is 6.07 Å². The second-order valence-corrected chi connectivity index (χ2v) is 7.84. The molecule has 0 amide bonds. The number of likely N-dealkylation sites (tertiary alicyclic amines) is 1. The van der Waals surface area contributed by atoms with Gasteiger partial charge in [0.25, 0.3) is 0 Å². The maximum absolute atomic E-state index is 5.70. The van der Waals surface area contributed by atoms with E-state index in [1.54, 1.807) is 13.3 Å². The Labute approximate surface area is 195 Å². The zero-order valence-electron chi connectivity index (χ0n) is 17.5. The molecule has 2 aromatic heterocycles. The standard InChI is InChI=1S/C22H31N5O2.HI/c1-23-22(25-14-18-8-9-21(24-13-18)29-16-17-6-7-17)26-15-19(20-5-4-12-28-20)27-10-2-3-11-27;/h4-5,8-9,12-13,17,19H,2-3,6-7,10-11,14-16H2,1H3,(H2,23,25,26);1H. The predicted molar refractivity (Wildman–Crippen MR) is 128 cm³/mol. The molecule has 30 heavy (non-hydrogen) atoms. The number of halogens is 1. The van der Waals surface area contributed by atoms with Crippen molar-refractivity contribution in [3.63, 3.8) is 0 Å². The average molecular weight is 525 g/mol. The van der Waals surface area contributed by atoms with Crippen molar-refractivity contribution in [2.24, 2.45) is 10.9 Å². The van der Waals surface area contributed by atoms with Crippen LogP contribution in [0.2, 0.25) is 0 Å². The molecule has 0 spiro atoms. The molecule has 2 fully saturated rings. The Morgan fingerprint density at radius 1 is 1.27 bits per heavy atom. The molecule has 8 heteroatoms. The molecule has 0 bridgehead atoms. The van der Waals surface area contributed by atoms with Crippen LogP contribution in [-0.2, 0) is 6.54 Å². The lowest BCUT2D eigenvalue weighted by Crippen LogP contribution is -2.42. The van der Waals surface area contributed by atoms with Gasteiger partial charge in [-0.15, -0.1) is 24.0 Å². The van der Waals surface area contributed by atoms with Crippen molar-refractivity contribution in [2.75, 3.05) is 33.3 Å². The van der Waals surface area contributed by atoms with E-state index in [1.165, 1.54) is 25.7 Å². The molecule has 7 nitrogen and oxygen atoms in total. The van der Waals surface area contributed by atoms with Gasteiger partial charge < -0.3 is 19.8 Å². The molecule has 2 aliphatic rings. The molecule has 164 valence electrons. The van der Waals surface area contributed by atoms with E-state index in [-0.39, 0.29) is 30.0 Å². The lowest BCUT2D eigenvalue weighted by molar-refractivity contribution is 0.215. The van der Waals surface area contributed by atoms with Gasteiger partial charge in [-0.05, 0) is 62.4 Å². The van der Waals surface area contributed by atoms with Crippen LogP contribution >= 0.6 is 24.0 Å². The molecule has 1 aliphatic carbocycles. The Kier molecular flexibility index (Phi) is 8.80. The third-order valence-corrected chi connectivity index (χ3v) is 5.56. The minimum atomic E-state index is 0. The molecule has 1 unspecified atom stereocenters. The van der Waals surface area contributed by atoms with Crippen molar-refractivity contribution in [3.05, 3.63) is 48.0 Å². The third kappa shape index (κ3) is 6.60. The van der Waals surface area contributed by atoms with Gasteiger partial charge in [0.1, 0.15) is 5.76 Å². The maximum atomic E-state index is 5.70. The fourth-order valence-electron chi connectivity index (χ4n) is 3.63. The molecular weight excluding hydrogens is 493 g/mol. The molecular formula is C22H32IN5O2. The van der Waals surface area contributed by atoms with Crippen LogP contribution in [0.1, 0.15) is 43.0 Å². The average Bonchev–Trinajstić information content (AvgIpc) is 3.19. The fourth-order valence-corrected chi connectivity index (χ4v) is 3.63. The van der Waals surface area contributed by atoms with Gasteiger partial charge in [0, 0.05) is 32.4 Å². The van der Waals surface area contributed by atoms with Crippen molar-refractivity contribution in [3.8, 4) is 5.88 Å². The fraction of sp³-hybridized carbons (Fsp3) is 0.545. The van der Waals surface area contributed by atoms with E-state index in [4.69, 9.17) is 9.15 Å². The van der Waals surface area contributed by atoms with Gasteiger partial charge in [0.2, 0.25) is 5.88 Å². The number of nitrogens with zero attached hydrogens (tertiary/aromatic N) is 3. The summed E-state index contributed by atoms with van der Waals surface area (Å²) < 4.78 is 11.4. The number of hydrogen-bond acceptors (Lipinski definition) is 5. The van der Waals surface area contributed by atoms with E-state index < -0.39 is 0 Å². The van der Waals surface area contributed by atoms with E-state index in [2.05, 4.69) is 31.6 Å². The molecule has 2 aromatic rings. The highest BCUT2D eigenvalue weighted by molar-refractivity contribution is 14.0. The lowest BCUT2D eigenvalue weighted by atomic mass is 10.2. The summed E-state index contributed by atoms with van der Waals surface area (Å²) in [5.41, 5.74) is 1.09. The summed E-state index contributed by atoms with van der Waals surface area (Å²) in [6.07, 6.45) is 8.67. The molecule has 1 atom stereocenters. The Morgan fingerprint density at radius 3 is 2.73 bits per heavy atom. The Bertz CT molecular complexity index is 771. The second-order valence-electron chi connectivity index (χ2n) is 7.84. The van der Waals surface area contributed by atoms with Gasteiger partial charge in [-0.25, -0.2) is 4.98 Å². The van der Waals surface area contributed by atoms with E-state index in [9.17, 15) is 0 Å². The summed E-state index contributed by atoms with van der Waals surface area (Å²) in [6, 6.07) is 8.22. The highest BCUT2D eigenvalue weighted by atomic mass is 127. The molecule has 4 rings (SSSR count). The highest BCUT2D eigenvalue weighted by Gasteiger charge is 2.25. The molecule has 0 radical (unpaired) electrons. The summed E-state index contributed by atoms with van der Waals surface area (Å²) in [7, 11) is 1.79. The molecule has 2 N–H and O–H groups in total. The number of hydrogen-bond donors (Lipinski definition) is 2. The first kappa shape index (κ1) is 22.9. The van der Waals surface area contributed by atoms with Crippen LogP contribution in [0, 0.1) is 5.92 Å². The van der Waals surface area contributed by atoms with Crippen LogP contribution in [0.25, 0.3) is 0 Å². The molecule has 0 aromatic carbocycles. The van der Waals surface area contributed by atoms with Crippen LogP contribution < -0.4 is 15.4 Å². The number of aliphatic imine (C=N–C) groups is 1. The summed E-state index contributed by atoms with van der Waals surface area (Å²) in [5, 5.41) is 6.81. The molecule has 1 aliphatic heterocycles. The van der Waals surface area contributed by atoms with Crippen LogP contribution in [0.15, 0.2) is 46.1 Å². The van der Waals surface area contributed by atoms with E-state index in [1.807, 2.05) is 24.4 Å². The molecule has 1 saturated carbocycles. The smallest absolute Gasteiger partial charge is 0.213 e. The summed E-state index contributed by atoms with van der Waals surface area (Å²) in [4.78, 5) is 11.2. The zero-order chi connectivity index (χ0) is 19.9. The first-order chi connectivity index (χ1) is 14.3. The summed E-state index contributed by atoms with van der Waals surface area (Å²) in [6.45, 7) is 4.42. The number of ether oxygens (including phenoxy) is 1. The van der Waals surface area contributed by atoms with Crippen molar-refractivity contribution in [2.45, 2.75) is 38.3 Å². The largest absolute Gasteiger partial charge is 0.477 e. The topological polar surface area (TPSA) is 74.9 Å². The first-order valence-corrected chi connectivity index (χ1v) is 10.6. The van der Waals surface area contributed by atoms with Gasteiger partial charge in [-0.2, -0.15) is 0 Å². The summed E-state index contributed by atoms with van der Waals surface area (Å²) in [5.74, 6) is 3.21. The van der Waals surface area contributed by atoms with E-state index >= 15 is 0 Å². The van der Waals surface area contributed by atoms with Crippen LogP contribution in [0.4, 0.5) is 0 Å². The maximum Gasteiger partial charge on any atom is 0.213 e. The SMILES string of the molecule is CN=C(NCc1ccc(OCC2CC2)nc1)NCC(c1ccco1)N1CCCC1.I. The third-order valence-electron chi connectivity index (χ3n) is 5.56. The zero-order valence-corrected chi connectivity index (χ0v) is 19.9. The van der Waals surface area contributed by atoms with Gasteiger partial charge in [-0.3, -0.25) is 9.89 Å². The lowest BCUT2D eigenvalue weighted by Gasteiger charge is -2.26. The highest BCUT2D eigenvalue weighted by Crippen LogP contribution is 2.29.